The maximum Gasteiger partial charge on any atom is 0.338 e. The number of carbonyl (C=O) groups is 2. The molecule has 0 spiro atoms. The zero-order valence-corrected chi connectivity index (χ0v) is 31.2. The van der Waals surface area contributed by atoms with E-state index in [1.165, 1.54) is 36.2 Å². The van der Waals surface area contributed by atoms with E-state index in [9.17, 15) is 19.5 Å². The average Bonchev–Trinajstić information content (AvgIpc) is 3.44. The highest BCUT2D eigenvalue weighted by Crippen LogP contribution is 2.40. The van der Waals surface area contributed by atoms with Crippen molar-refractivity contribution < 1.29 is 33.6 Å². The fourth-order valence-electron chi connectivity index (χ4n) is 5.72. The van der Waals surface area contributed by atoms with Crippen molar-refractivity contribution in [2.45, 2.75) is 19.6 Å². The molecule has 0 saturated heterocycles. The number of methoxy groups -OCH3 is 2. The highest BCUT2D eigenvalue weighted by Gasteiger charge is 2.37. The molecule has 0 radical (unpaired) electrons. The molecular weight excluding hydrogens is 807 g/mol. The number of carbonyl (C=O) groups excluding carboxylic acids is 1. The van der Waals surface area contributed by atoms with Crippen LogP contribution in [-0.2, 0) is 16.1 Å². The minimum Gasteiger partial charge on any atom is -0.496 e. The summed E-state index contributed by atoms with van der Waals surface area (Å²) in [5.41, 5.74) is 2.84. The molecule has 1 aromatic heterocycles. The van der Waals surface area contributed by atoms with Gasteiger partial charge in [-0.3, -0.25) is 9.36 Å². The summed E-state index contributed by atoms with van der Waals surface area (Å²) in [5, 5.41) is 9.75. The number of carboxylic acid groups (broad SMARTS) is 1. The maximum atomic E-state index is 14.4. The van der Waals surface area contributed by atoms with Gasteiger partial charge in [0.25, 0.3) is 5.56 Å². The molecule has 0 unspecified atom stereocenters. The van der Waals surface area contributed by atoms with Gasteiger partial charge in [-0.1, -0.05) is 65.4 Å². The van der Waals surface area contributed by atoms with Crippen LogP contribution < -0.4 is 29.1 Å². The summed E-state index contributed by atoms with van der Waals surface area (Å²) in [6, 6.07) is 23.4. The van der Waals surface area contributed by atoms with E-state index in [0.29, 0.717) is 63.1 Å². The molecule has 1 aliphatic heterocycles. The molecule has 6 rings (SSSR count). The van der Waals surface area contributed by atoms with Gasteiger partial charge >= 0.3 is 11.9 Å². The quantitative estimate of drug-likeness (QED) is 0.118. The first-order valence-corrected chi connectivity index (χ1v) is 17.8. The number of hydrogen-bond acceptors (Lipinski definition) is 9. The van der Waals surface area contributed by atoms with Gasteiger partial charge in [0.1, 0.15) is 18.4 Å². The lowest BCUT2D eigenvalue weighted by Crippen LogP contribution is -2.40. The van der Waals surface area contributed by atoms with Crippen LogP contribution in [0, 0.1) is 3.57 Å². The summed E-state index contributed by atoms with van der Waals surface area (Å²) in [7, 11) is 3.03. The number of carboxylic acids is 1. The van der Waals surface area contributed by atoms with Gasteiger partial charge in [-0.25, -0.2) is 14.6 Å². The van der Waals surface area contributed by atoms with Gasteiger partial charge < -0.3 is 24.1 Å². The molecule has 0 aliphatic carbocycles. The number of hydrogen-bond donors (Lipinski definition) is 1. The minimum absolute atomic E-state index is 0.114. The summed E-state index contributed by atoms with van der Waals surface area (Å²) < 4.78 is 25.6. The van der Waals surface area contributed by atoms with Crippen molar-refractivity contribution in [2.75, 3.05) is 20.8 Å². The van der Waals surface area contributed by atoms with Crippen LogP contribution in [0.15, 0.2) is 100 Å². The van der Waals surface area contributed by atoms with Crippen LogP contribution in [0.25, 0.3) is 11.8 Å². The lowest BCUT2D eigenvalue weighted by Gasteiger charge is -2.27. The number of halogens is 2. The Kier molecular flexibility index (Phi) is 10.9. The largest absolute Gasteiger partial charge is 0.496 e. The van der Waals surface area contributed by atoms with E-state index in [-0.39, 0.29) is 29.9 Å². The van der Waals surface area contributed by atoms with E-state index in [0.717, 1.165) is 0 Å². The molecule has 0 bridgehead atoms. The molecule has 1 aliphatic rings. The van der Waals surface area contributed by atoms with E-state index >= 15 is 0 Å². The maximum absolute atomic E-state index is 14.4. The normalized spacial score (nSPS) is 14.1. The second-order valence-electron chi connectivity index (χ2n) is 11.1. The summed E-state index contributed by atoms with van der Waals surface area (Å²) in [6.45, 7) is 1.95. The predicted molar refractivity (Wildman–Crippen MR) is 203 cm³/mol. The van der Waals surface area contributed by atoms with Crippen LogP contribution in [0.3, 0.4) is 0 Å². The Labute approximate surface area is 315 Å². The fourth-order valence-corrected chi connectivity index (χ4v) is 7.68. The van der Waals surface area contributed by atoms with Gasteiger partial charge in [0.2, 0.25) is 0 Å². The Morgan fingerprint density at radius 3 is 2.47 bits per heavy atom. The SMILES string of the molecule is CCOC(=O)C1=C(c2ccccc2)N=c2s/c(=C/c3cc(I)c(OCc4cccc(C(=O)O)c4)c(OC)c3)c(=O)n2[C@H]1c1cc(Cl)ccc1OC. The van der Waals surface area contributed by atoms with Crippen molar-refractivity contribution in [3.8, 4) is 17.2 Å². The van der Waals surface area contributed by atoms with Crippen LogP contribution in [0.5, 0.6) is 17.2 Å². The first-order valence-electron chi connectivity index (χ1n) is 15.6. The van der Waals surface area contributed by atoms with Crippen LogP contribution in [-0.4, -0.2) is 42.4 Å². The molecule has 4 aromatic carbocycles. The number of benzene rings is 4. The molecule has 0 amide bonds. The summed E-state index contributed by atoms with van der Waals surface area (Å²) in [5.74, 6) is -0.319. The standard InChI is InChI=1S/C38H30ClIN2O8S/c1-4-49-37(46)31-32(23-10-6-5-7-11-23)41-38-42(33(31)26-19-25(39)13-14-28(26)47-2)35(43)30(51-38)18-22-16-27(40)34(29(17-22)48-3)50-20-21-9-8-12-24(15-21)36(44)45/h5-19,33H,4,20H2,1-3H3,(H,44,45)/b30-18+/t33-/m0/s1. The summed E-state index contributed by atoms with van der Waals surface area (Å²) in [6.07, 6.45) is 1.73. The molecule has 2 heterocycles. The average molecular weight is 837 g/mol. The lowest BCUT2D eigenvalue weighted by molar-refractivity contribution is -0.138. The zero-order chi connectivity index (χ0) is 36.2. The van der Waals surface area contributed by atoms with Gasteiger partial charge in [0.15, 0.2) is 16.3 Å². The topological polar surface area (TPSA) is 126 Å². The van der Waals surface area contributed by atoms with Crippen LogP contribution in [0.4, 0.5) is 0 Å². The lowest BCUT2D eigenvalue weighted by atomic mass is 9.92. The molecule has 1 atom stereocenters. The van der Waals surface area contributed by atoms with Gasteiger partial charge in [-0.05, 0) is 89.2 Å². The summed E-state index contributed by atoms with van der Waals surface area (Å²) >= 11 is 9.81. The van der Waals surface area contributed by atoms with Crippen molar-refractivity contribution >= 4 is 69.2 Å². The second-order valence-corrected chi connectivity index (χ2v) is 13.8. The van der Waals surface area contributed by atoms with Crippen molar-refractivity contribution in [1.29, 1.82) is 0 Å². The Morgan fingerprint density at radius 2 is 1.76 bits per heavy atom. The second kappa shape index (κ2) is 15.5. The van der Waals surface area contributed by atoms with E-state index in [1.807, 2.05) is 36.4 Å². The number of nitrogens with zero attached hydrogens (tertiary/aromatic N) is 2. The first-order chi connectivity index (χ1) is 24.6. The predicted octanol–water partition coefficient (Wildman–Crippen LogP) is 6.49. The molecular formula is C38H30ClIN2O8S. The van der Waals surface area contributed by atoms with E-state index in [4.69, 9.17) is 35.5 Å². The van der Waals surface area contributed by atoms with E-state index in [1.54, 1.807) is 55.5 Å². The molecule has 260 valence electrons. The third kappa shape index (κ3) is 7.43. The number of aromatic carboxylic acids is 1. The zero-order valence-electron chi connectivity index (χ0n) is 27.5. The molecule has 13 heteroatoms. The molecule has 0 fully saturated rings. The third-order valence-corrected chi connectivity index (χ3v) is 9.99. The molecule has 1 N–H and O–H groups in total. The Bertz CT molecular complexity index is 2370. The highest BCUT2D eigenvalue weighted by molar-refractivity contribution is 14.1. The molecule has 0 saturated carbocycles. The van der Waals surface area contributed by atoms with Gasteiger partial charge in [-0.2, -0.15) is 0 Å². The monoisotopic (exact) mass is 836 g/mol. The van der Waals surface area contributed by atoms with Gasteiger partial charge in [0.05, 0.1) is 45.8 Å². The van der Waals surface area contributed by atoms with Gasteiger partial charge in [-0.15, -0.1) is 0 Å². The number of thiazole rings is 1. The number of esters is 1. The third-order valence-electron chi connectivity index (χ3n) is 7.97. The van der Waals surface area contributed by atoms with Crippen molar-refractivity contribution in [3.05, 3.63) is 147 Å². The number of rotatable bonds is 11. The number of ether oxygens (including phenoxy) is 4. The Hall–Kier alpha value is -4.92. The number of fused-ring (bicyclic) bond motifs is 1. The van der Waals surface area contributed by atoms with Crippen LogP contribution in [0.1, 0.15) is 45.6 Å². The molecule has 51 heavy (non-hydrogen) atoms. The van der Waals surface area contributed by atoms with Crippen LogP contribution >= 0.6 is 45.5 Å². The van der Waals surface area contributed by atoms with E-state index < -0.39 is 18.0 Å². The Morgan fingerprint density at radius 1 is 1.00 bits per heavy atom. The van der Waals surface area contributed by atoms with E-state index in [2.05, 4.69) is 22.6 Å². The molecule has 5 aromatic rings. The smallest absolute Gasteiger partial charge is 0.338 e. The van der Waals surface area contributed by atoms with Crippen molar-refractivity contribution in [3.63, 3.8) is 0 Å². The molecule has 10 nitrogen and oxygen atoms in total. The van der Waals surface area contributed by atoms with Gasteiger partial charge in [0, 0.05) is 16.1 Å². The summed E-state index contributed by atoms with van der Waals surface area (Å²) in [4.78, 5) is 44.9. The number of aromatic nitrogens is 1. The van der Waals surface area contributed by atoms with Crippen LogP contribution in [0.2, 0.25) is 5.02 Å². The minimum atomic E-state index is -1.02. The Balaban J connectivity index is 1.50. The van der Waals surface area contributed by atoms with Crippen molar-refractivity contribution in [1.82, 2.24) is 4.57 Å². The first kappa shape index (κ1) is 35.9. The highest BCUT2D eigenvalue weighted by atomic mass is 127. The van der Waals surface area contributed by atoms with Crippen molar-refractivity contribution in [2.24, 2.45) is 4.99 Å². The fraction of sp³-hybridized carbons (Fsp3) is 0.158.